The third-order valence-corrected chi connectivity index (χ3v) is 3.51. The van der Waals surface area contributed by atoms with Crippen LogP contribution in [0.2, 0.25) is 0 Å². The molecule has 1 aliphatic rings. The highest BCUT2D eigenvalue weighted by atomic mass is 16.5. The molecule has 2 heterocycles. The van der Waals surface area contributed by atoms with Gasteiger partial charge in [0.05, 0.1) is 6.10 Å². The summed E-state index contributed by atoms with van der Waals surface area (Å²) in [5.41, 5.74) is 5.72. The van der Waals surface area contributed by atoms with E-state index in [0.29, 0.717) is 5.95 Å². The second-order valence-electron chi connectivity index (χ2n) is 4.99. The zero-order valence-corrected chi connectivity index (χ0v) is 11.8. The van der Waals surface area contributed by atoms with Gasteiger partial charge in [-0.15, -0.1) is 0 Å². The van der Waals surface area contributed by atoms with Gasteiger partial charge in [0, 0.05) is 25.9 Å². The van der Waals surface area contributed by atoms with Crippen LogP contribution < -0.4 is 10.5 Å². The summed E-state index contributed by atoms with van der Waals surface area (Å²) in [6, 6.07) is 2.01. The van der Waals surface area contributed by atoms with Crippen molar-refractivity contribution >= 4 is 5.95 Å². The van der Waals surface area contributed by atoms with Crippen LogP contribution >= 0.6 is 0 Å². The molecule has 8 nitrogen and oxygen atoms in total. The van der Waals surface area contributed by atoms with E-state index >= 15 is 0 Å². The van der Waals surface area contributed by atoms with E-state index < -0.39 is 0 Å². The highest BCUT2D eigenvalue weighted by Crippen LogP contribution is 2.24. The topological polar surface area (TPSA) is 101 Å². The molecule has 2 N–H and O–H groups in total. The van der Waals surface area contributed by atoms with Crippen LogP contribution in [0.25, 0.3) is 5.95 Å². The highest BCUT2D eigenvalue weighted by Gasteiger charge is 2.24. The number of rotatable bonds is 4. The molecule has 0 aliphatic heterocycles. The molecule has 2 aromatic heterocycles. The molecular weight excluding hydrogens is 272 g/mol. The van der Waals surface area contributed by atoms with E-state index in [1.165, 1.54) is 4.68 Å². The molecule has 2 atom stereocenters. The van der Waals surface area contributed by atoms with Crippen molar-refractivity contribution in [3.05, 3.63) is 18.5 Å². The summed E-state index contributed by atoms with van der Waals surface area (Å²) in [7, 11) is 1.73. The number of aromatic nitrogens is 5. The zero-order chi connectivity index (χ0) is 14.7. The Morgan fingerprint density at radius 2 is 2.10 bits per heavy atom. The van der Waals surface area contributed by atoms with Gasteiger partial charge >= 0.3 is 6.01 Å². The van der Waals surface area contributed by atoms with Crippen molar-refractivity contribution in [2.45, 2.75) is 37.9 Å². The van der Waals surface area contributed by atoms with Gasteiger partial charge in [-0.3, -0.25) is 0 Å². The molecular formula is C13H18N6O2. The number of nitrogen functional groups attached to an aromatic ring is 1. The average molecular weight is 290 g/mol. The summed E-state index contributed by atoms with van der Waals surface area (Å²) in [5.74, 6) is 0.464. The Kier molecular flexibility index (Phi) is 3.96. The van der Waals surface area contributed by atoms with E-state index in [0.717, 1.165) is 25.7 Å². The number of nitrogens with zero attached hydrogens (tertiary/aromatic N) is 5. The van der Waals surface area contributed by atoms with Crippen LogP contribution in [0.3, 0.4) is 0 Å². The zero-order valence-electron chi connectivity index (χ0n) is 11.8. The molecule has 0 amide bonds. The molecule has 2 unspecified atom stereocenters. The fourth-order valence-corrected chi connectivity index (χ4v) is 2.48. The fourth-order valence-electron chi connectivity index (χ4n) is 2.48. The van der Waals surface area contributed by atoms with E-state index in [9.17, 15) is 0 Å². The van der Waals surface area contributed by atoms with E-state index in [-0.39, 0.29) is 24.2 Å². The van der Waals surface area contributed by atoms with Crippen LogP contribution in [0.5, 0.6) is 6.01 Å². The molecule has 0 spiro atoms. The van der Waals surface area contributed by atoms with Gasteiger partial charge in [0.15, 0.2) is 0 Å². The first-order valence-corrected chi connectivity index (χ1v) is 6.95. The molecule has 1 aliphatic carbocycles. The summed E-state index contributed by atoms with van der Waals surface area (Å²) in [4.78, 5) is 12.3. The smallest absolute Gasteiger partial charge is 0.323 e. The van der Waals surface area contributed by atoms with Crippen molar-refractivity contribution < 1.29 is 9.47 Å². The molecule has 1 fully saturated rings. The quantitative estimate of drug-likeness (QED) is 0.895. The monoisotopic (exact) mass is 290 g/mol. The second-order valence-corrected chi connectivity index (χ2v) is 4.99. The molecule has 2 aromatic rings. The summed E-state index contributed by atoms with van der Waals surface area (Å²) >= 11 is 0. The SMILES string of the molecule is COC1CCCC(Oc2nc(N)nc(-n3cccn3)n2)C1. The fraction of sp³-hybridized carbons (Fsp3) is 0.538. The molecule has 0 radical (unpaired) electrons. The molecule has 0 bridgehead atoms. The van der Waals surface area contributed by atoms with Crippen molar-refractivity contribution in [1.82, 2.24) is 24.7 Å². The van der Waals surface area contributed by atoms with Crippen molar-refractivity contribution in [2.24, 2.45) is 0 Å². The van der Waals surface area contributed by atoms with E-state index in [1.807, 2.05) is 0 Å². The summed E-state index contributed by atoms with van der Waals surface area (Å²) in [6.45, 7) is 0. The van der Waals surface area contributed by atoms with Gasteiger partial charge in [0.1, 0.15) is 6.10 Å². The first kappa shape index (κ1) is 13.7. The van der Waals surface area contributed by atoms with Crippen molar-refractivity contribution in [3.8, 4) is 12.0 Å². The lowest BCUT2D eigenvalue weighted by Crippen LogP contribution is -2.30. The lowest BCUT2D eigenvalue weighted by Gasteiger charge is -2.27. The maximum Gasteiger partial charge on any atom is 0.323 e. The van der Waals surface area contributed by atoms with Crippen LogP contribution in [-0.4, -0.2) is 44.1 Å². The number of nitrogens with two attached hydrogens (primary N) is 1. The first-order chi connectivity index (χ1) is 10.2. The van der Waals surface area contributed by atoms with Crippen LogP contribution in [0.1, 0.15) is 25.7 Å². The standard InChI is InChI=1S/C13H18N6O2/c1-20-9-4-2-5-10(8-9)21-13-17-11(14)16-12(18-13)19-7-3-6-15-19/h3,6-7,9-10H,2,4-5,8H2,1H3,(H2,14,16,17,18). The maximum atomic E-state index is 5.84. The molecule has 112 valence electrons. The highest BCUT2D eigenvalue weighted by molar-refractivity contribution is 5.24. The van der Waals surface area contributed by atoms with Gasteiger partial charge in [0.2, 0.25) is 5.95 Å². The minimum Gasteiger partial charge on any atom is -0.460 e. The Bertz CT molecular complexity index is 588. The van der Waals surface area contributed by atoms with Gasteiger partial charge in [-0.25, -0.2) is 4.68 Å². The van der Waals surface area contributed by atoms with E-state index in [4.69, 9.17) is 15.2 Å². The van der Waals surface area contributed by atoms with Crippen LogP contribution in [0.4, 0.5) is 5.95 Å². The van der Waals surface area contributed by atoms with Gasteiger partial charge in [-0.1, -0.05) is 0 Å². The van der Waals surface area contributed by atoms with Gasteiger partial charge in [0.25, 0.3) is 5.95 Å². The molecule has 0 aromatic carbocycles. The Hall–Kier alpha value is -2.22. The predicted octanol–water partition coefficient (Wildman–Crippen LogP) is 0.976. The van der Waals surface area contributed by atoms with Crippen LogP contribution in [0, 0.1) is 0 Å². The third kappa shape index (κ3) is 3.27. The average Bonchev–Trinajstić information content (AvgIpc) is 3.01. The molecule has 0 saturated heterocycles. The maximum absolute atomic E-state index is 5.84. The number of methoxy groups -OCH3 is 1. The normalized spacial score (nSPS) is 22.1. The number of anilines is 1. The summed E-state index contributed by atoms with van der Waals surface area (Å²) in [5, 5.41) is 4.07. The molecule has 1 saturated carbocycles. The lowest BCUT2D eigenvalue weighted by atomic mass is 9.95. The van der Waals surface area contributed by atoms with Crippen LogP contribution in [0.15, 0.2) is 18.5 Å². The summed E-state index contributed by atoms with van der Waals surface area (Å²) < 4.78 is 12.8. The largest absolute Gasteiger partial charge is 0.460 e. The van der Waals surface area contributed by atoms with E-state index in [2.05, 4.69) is 20.1 Å². The lowest BCUT2D eigenvalue weighted by molar-refractivity contribution is 0.0178. The number of hydrogen-bond acceptors (Lipinski definition) is 7. The Labute approximate surface area is 122 Å². The first-order valence-electron chi connectivity index (χ1n) is 6.95. The molecule has 21 heavy (non-hydrogen) atoms. The van der Waals surface area contributed by atoms with Crippen LogP contribution in [-0.2, 0) is 4.74 Å². The van der Waals surface area contributed by atoms with Crippen molar-refractivity contribution in [2.75, 3.05) is 12.8 Å². The van der Waals surface area contributed by atoms with Gasteiger partial charge in [-0.05, 0) is 25.3 Å². The minimum atomic E-state index is 0.0379. The minimum absolute atomic E-state index is 0.0379. The Morgan fingerprint density at radius 1 is 1.24 bits per heavy atom. The molecule has 8 heteroatoms. The van der Waals surface area contributed by atoms with Crippen molar-refractivity contribution in [3.63, 3.8) is 0 Å². The third-order valence-electron chi connectivity index (χ3n) is 3.51. The number of ether oxygens (including phenoxy) is 2. The van der Waals surface area contributed by atoms with Gasteiger partial charge in [-0.2, -0.15) is 20.1 Å². The second kappa shape index (κ2) is 6.04. The number of hydrogen-bond donors (Lipinski definition) is 1. The summed E-state index contributed by atoms with van der Waals surface area (Å²) in [6.07, 6.45) is 7.57. The van der Waals surface area contributed by atoms with Crippen molar-refractivity contribution in [1.29, 1.82) is 0 Å². The van der Waals surface area contributed by atoms with Gasteiger partial charge < -0.3 is 15.2 Å². The Balaban J connectivity index is 1.76. The molecule has 3 rings (SSSR count). The predicted molar refractivity (Wildman–Crippen MR) is 75.0 cm³/mol. The van der Waals surface area contributed by atoms with E-state index in [1.54, 1.807) is 25.6 Å². The Morgan fingerprint density at radius 3 is 2.86 bits per heavy atom.